The van der Waals surface area contributed by atoms with Crippen LogP contribution in [0, 0.1) is 6.92 Å². The number of amides is 1. The van der Waals surface area contributed by atoms with Crippen LogP contribution < -0.4 is 5.43 Å². The van der Waals surface area contributed by atoms with Gasteiger partial charge in [0.05, 0.1) is 6.21 Å². The third-order valence-electron chi connectivity index (χ3n) is 3.30. The van der Waals surface area contributed by atoms with Gasteiger partial charge in [-0.05, 0) is 36.1 Å². The zero-order valence-electron chi connectivity index (χ0n) is 12.6. The highest BCUT2D eigenvalue weighted by molar-refractivity contribution is 5.94. The fourth-order valence-corrected chi connectivity index (χ4v) is 1.90. The van der Waals surface area contributed by atoms with Crippen LogP contribution in [-0.4, -0.2) is 12.1 Å². The van der Waals surface area contributed by atoms with Crippen molar-refractivity contribution in [1.82, 2.24) is 5.43 Å². The molecule has 0 spiro atoms. The Bertz CT molecular complexity index is 625. The molecule has 2 rings (SSSR count). The molecule has 0 saturated carbocycles. The molecule has 0 aliphatic carbocycles. The van der Waals surface area contributed by atoms with Crippen LogP contribution in [0.1, 0.15) is 46.8 Å². The monoisotopic (exact) mass is 280 g/mol. The minimum absolute atomic E-state index is 0.204. The first-order chi connectivity index (χ1) is 10.1. The van der Waals surface area contributed by atoms with Gasteiger partial charge >= 0.3 is 0 Å². The lowest BCUT2D eigenvalue weighted by molar-refractivity contribution is 0.0955. The molecule has 0 fully saturated rings. The highest BCUT2D eigenvalue weighted by Crippen LogP contribution is 2.13. The molecule has 0 saturated heterocycles. The lowest BCUT2D eigenvalue weighted by Crippen LogP contribution is -2.17. The number of rotatable bonds is 4. The Kier molecular flexibility index (Phi) is 4.88. The van der Waals surface area contributed by atoms with Crippen LogP contribution in [0.4, 0.5) is 0 Å². The Morgan fingerprint density at radius 3 is 2.24 bits per heavy atom. The summed E-state index contributed by atoms with van der Waals surface area (Å²) in [4.78, 5) is 11.9. The highest BCUT2D eigenvalue weighted by Gasteiger charge is 2.02. The van der Waals surface area contributed by atoms with Crippen LogP contribution >= 0.6 is 0 Å². The summed E-state index contributed by atoms with van der Waals surface area (Å²) < 4.78 is 0. The molecule has 0 aliphatic heterocycles. The van der Waals surface area contributed by atoms with E-state index in [1.165, 1.54) is 5.56 Å². The molecule has 21 heavy (non-hydrogen) atoms. The summed E-state index contributed by atoms with van der Waals surface area (Å²) in [6.45, 7) is 6.30. The molecule has 1 amide bonds. The minimum Gasteiger partial charge on any atom is -0.267 e. The standard InChI is InChI=1S/C18H20N2O/c1-13(2)16-10-6-15(7-11-16)12-19-20-18(21)17-8-4-14(3)5-9-17/h4-13H,1-3H3,(H,20,21)/b19-12-. The number of carbonyl (C=O) groups is 1. The molecular weight excluding hydrogens is 260 g/mol. The second-order valence-corrected chi connectivity index (χ2v) is 5.39. The van der Waals surface area contributed by atoms with Crippen LogP contribution in [0.25, 0.3) is 0 Å². The molecule has 0 atom stereocenters. The van der Waals surface area contributed by atoms with E-state index in [-0.39, 0.29) is 5.91 Å². The van der Waals surface area contributed by atoms with Gasteiger partial charge in [0.1, 0.15) is 0 Å². The summed E-state index contributed by atoms with van der Waals surface area (Å²) in [5.41, 5.74) is 6.51. The molecule has 3 heteroatoms. The average molecular weight is 280 g/mol. The molecule has 0 aromatic heterocycles. The number of hydrogen-bond donors (Lipinski definition) is 1. The zero-order valence-corrected chi connectivity index (χ0v) is 12.6. The lowest BCUT2D eigenvalue weighted by Gasteiger charge is -2.04. The summed E-state index contributed by atoms with van der Waals surface area (Å²) in [6.07, 6.45) is 1.65. The average Bonchev–Trinajstić information content (AvgIpc) is 2.48. The van der Waals surface area contributed by atoms with Crippen molar-refractivity contribution >= 4 is 12.1 Å². The Balaban J connectivity index is 1.95. The molecule has 2 aromatic rings. The van der Waals surface area contributed by atoms with E-state index in [0.29, 0.717) is 11.5 Å². The smallest absolute Gasteiger partial charge is 0.267 e. The Hall–Kier alpha value is -2.42. The van der Waals surface area contributed by atoms with Gasteiger partial charge < -0.3 is 0 Å². The van der Waals surface area contributed by atoms with E-state index in [2.05, 4.69) is 36.5 Å². The lowest BCUT2D eigenvalue weighted by atomic mass is 10.0. The predicted molar refractivity (Wildman–Crippen MR) is 86.8 cm³/mol. The van der Waals surface area contributed by atoms with Gasteiger partial charge in [0.2, 0.25) is 0 Å². The van der Waals surface area contributed by atoms with Crippen molar-refractivity contribution in [2.45, 2.75) is 26.7 Å². The highest BCUT2D eigenvalue weighted by atomic mass is 16.2. The second kappa shape index (κ2) is 6.84. The predicted octanol–water partition coefficient (Wildman–Crippen LogP) is 3.88. The molecular formula is C18H20N2O. The molecule has 1 N–H and O–H groups in total. The first kappa shape index (κ1) is 15.0. The van der Waals surface area contributed by atoms with E-state index < -0.39 is 0 Å². The summed E-state index contributed by atoms with van der Waals surface area (Å²) in [7, 11) is 0. The minimum atomic E-state index is -0.204. The van der Waals surface area contributed by atoms with E-state index >= 15 is 0 Å². The van der Waals surface area contributed by atoms with Crippen LogP contribution in [0.5, 0.6) is 0 Å². The number of hydrogen-bond acceptors (Lipinski definition) is 2. The van der Waals surface area contributed by atoms with Gasteiger partial charge in [0, 0.05) is 5.56 Å². The van der Waals surface area contributed by atoms with Crippen molar-refractivity contribution < 1.29 is 4.79 Å². The fraction of sp³-hybridized carbons (Fsp3) is 0.222. The van der Waals surface area contributed by atoms with Crippen LogP contribution in [0.2, 0.25) is 0 Å². The maximum Gasteiger partial charge on any atom is 0.271 e. The maximum atomic E-state index is 11.9. The van der Waals surface area contributed by atoms with Gasteiger partial charge in [0.25, 0.3) is 5.91 Å². The molecule has 0 bridgehead atoms. The summed E-state index contributed by atoms with van der Waals surface area (Å²) >= 11 is 0. The number of nitrogens with zero attached hydrogens (tertiary/aromatic N) is 1. The third-order valence-corrected chi connectivity index (χ3v) is 3.30. The second-order valence-electron chi connectivity index (χ2n) is 5.39. The van der Waals surface area contributed by atoms with Crippen molar-refractivity contribution in [2.24, 2.45) is 5.10 Å². The van der Waals surface area contributed by atoms with Gasteiger partial charge in [0.15, 0.2) is 0 Å². The number of carbonyl (C=O) groups excluding carboxylic acids is 1. The first-order valence-electron chi connectivity index (χ1n) is 7.06. The summed E-state index contributed by atoms with van der Waals surface area (Å²) in [6, 6.07) is 15.5. The zero-order chi connectivity index (χ0) is 15.2. The van der Waals surface area contributed by atoms with Gasteiger partial charge in [-0.3, -0.25) is 4.79 Å². The largest absolute Gasteiger partial charge is 0.271 e. The Morgan fingerprint density at radius 1 is 1.05 bits per heavy atom. The number of benzene rings is 2. The topological polar surface area (TPSA) is 41.5 Å². The van der Waals surface area contributed by atoms with E-state index in [4.69, 9.17) is 0 Å². The summed E-state index contributed by atoms with van der Waals surface area (Å²) in [5, 5.41) is 3.99. The molecule has 0 aliphatic rings. The van der Waals surface area contributed by atoms with Crippen LogP contribution in [0.3, 0.4) is 0 Å². The van der Waals surface area contributed by atoms with Gasteiger partial charge in [-0.15, -0.1) is 0 Å². The van der Waals surface area contributed by atoms with E-state index in [0.717, 1.165) is 11.1 Å². The fourth-order valence-electron chi connectivity index (χ4n) is 1.90. The van der Waals surface area contributed by atoms with Crippen LogP contribution in [-0.2, 0) is 0 Å². The normalized spacial score (nSPS) is 11.0. The van der Waals surface area contributed by atoms with Gasteiger partial charge in [-0.1, -0.05) is 55.8 Å². The maximum absolute atomic E-state index is 11.9. The van der Waals surface area contributed by atoms with E-state index in [9.17, 15) is 4.79 Å². The van der Waals surface area contributed by atoms with Crippen molar-refractivity contribution in [1.29, 1.82) is 0 Å². The van der Waals surface area contributed by atoms with Crippen molar-refractivity contribution in [3.05, 3.63) is 70.8 Å². The van der Waals surface area contributed by atoms with E-state index in [1.54, 1.807) is 18.3 Å². The SMILES string of the molecule is Cc1ccc(C(=O)N/N=C\c2ccc(C(C)C)cc2)cc1. The number of hydrazone groups is 1. The Labute approximate surface area is 125 Å². The van der Waals surface area contributed by atoms with E-state index in [1.807, 2.05) is 31.2 Å². The van der Waals surface area contributed by atoms with Gasteiger partial charge in [-0.2, -0.15) is 5.10 Å². The quantitative estimate of drug-likeness (QED) is 0.670. The van der Waals surface area contributed by atoms with Crippen LogP contribution in [0.15, 0.2) is 53.6 Å². The molecule has 2 aromatic carbocycles. The van der Waals surface area contributed by atoms with Gasteiger partial charge in [-0.25, -0.2) is 5.43 Å². The Morgan fingerprint density at radius 2 is 1.67 bits per heavy atom. The molecule has 3 nitrogen and oxygen atoms in total. The molecule has 0 radical (unpaired) electrons. The molecule has 0 heterocycles. The third kappa shape index (κ3) is 4.28. The summed E-state index contributed by atoms with van der Waals surface area (Å²) in [5.74, 6) is 0.308. The number of aryl methyl sites for hydroxylation is 1. The van der Waals surface area contributed by atoms with Crippen molar-refractivity contribution in [2.75, 3.05) is 0 Å². The molecule has 108 valence electrons. The van der Waals surface area contributed by atoms with Crippen molar-refractivity contribution in [3.63, 3.8) is 0 Å². The molecule has 0 unspecified atom stereocenters. The first-order valence-corrected chi connectivity index (χ1v) is 7.06. The number of nitrogens with one attached hydrogen (secondary N) is 1. The van der Waals surface area contributed by atoms with Crippen molar-refractivity contribution in [3.8, 4) is 0 Å².